The van der Waals surface area contributed by atoms with Crippen molar-refractivity contribution in [3.8, 4) is 5.75 Å². The third-order valence-electron chi connectivity index (χ3n) is 3.32. The highest BCUT2D eigenvalue weighted by molar-refractivity contribution is 7.90. The summed E-state index contributed by atoms with van der Waals surface area (Å²) < 4.78 is 22.8. The largest absolute Gasteiger partial charge is 0.508 e. The van der Waals surface area contributed by atoms with E-state index in [4.69, 9.17) is 0 Å². The fourth-order valence-electron chi connectivity index (χ4n) is 2.15. The van der Waals surface area contributed by atoms with E-state index in [1.54, 1.807) is 30.3 Å². The molecular formula is C16H19NO3S. The lowest BCUT2D eigenvalue weighted by molar-refractivity contribution is 0.465. The molecular weight excluding hydrogens is 286 g/mol. The first kappa shape index (κ1) is 15.4. The maximum Gasteiger partial charge on any atom is 0.175 e. The summed E-state index contributed by atoms with van der Waals surface area (Å²) in [4.78, 5) is 0.291. The summed E-state index contributed by atoms with van der Waals surface area (Å²) in [6.45, 7) is 3.91. The van der Waals surface area contributed by atoms with E-state index >= 15 is 0 Å². The number of rotatable bonds is 4. The van der Waals surface area contributed by atoms with E-state index in [2.05, 4.69) is 5.32 Å². The van der Waals surface area contributed by atoms with Crippen molar-refractivity contribution in [1.82, 2.24) is 0 Å². The van der Waals surface area contributed by atoms with Crippen molar-refractivity contribution in [3.05, 3.63) is 53.6 Å². The van der Waals surface area contributed by atoms with E-state index in [0.29, 0.717) is 4.90 Å². The Balaban J connectivity index is 2.20. The van der Waals surface area contributed by atoms with Crippen molar-refractivity contribution >= 4 is 15.5 Å². The molecule has 0 amide bonds. The second-order valence-electron chi connectivity index (χ2n) is 5.22. The van der Waals surface area contributed by atoms with Gasteiger partial charge < -0.3 is 10.4 Å². The van der Waals surface area contributed by atoms with E-state index < -0.39 is 9.84 Å². The molecule has 0 bridgehead atoms. The van der Waals surface area contributed by atoms with E-state index in [1.807, 2.05) is 26.0 Å². The summed E-state index contributed by atoms with van der Waals surface area (Å²) in [7, 11) is -3.18. The van der Waals surface area contributed by atoms with Crippen LogP contribution in [0.1, 0.15) is 24.1 Å². The van der Waals surface area contributed by atoms with Crippen molar-refractivity contribution in [2.45, 2.75) is 24.8 Å². The molecule has 0 aromatic heterocycles. The molecule has 0 radical (unpaired) electrons. The van der Waals surface area contributed by atoms with Gasteiger partial charge in [0.2, 0.25) is 0 Å². The molecule has 2 rings (SSSR count). The average Bonchev–Trinajstić information content (AvgIpc) is 2.41. The molecule has 5 heteroatoms. The quantitative estimate of drug-likeness (QED) is 0.909. The van der Waals surface area contributed by atoms with Crippen LogP contribution in [0.25, 0.3) is 0 Å². The normalized spacial score (nSPS) is 12.9. The monoisotopic (exact) mass is 305 g/mol. The summed E-state index contributed by atoms with van der Waals surface area (Å²) >= 11 is 0. The Bertz CT molecular complexity index is 737. The molecule has 0 aliphatic heterocycles. The lowest BCUT2D eigenvalue weighted by atomic mass is 10.0. The van der Waals surface area contributed by atoms with Gasteiger partial charge in [-0.15, -0.1) is 0 Å². The Labute approximate surface area is 125 Å². The van der Waals surface area contributed by atoms with E-state index in [0.717, 1.165) is 16.8 Å². The molecule has 0 aliphatic carbocycles. The van der Waals surface area contributed by atoms with Crippen LogP contribution >= 0.6 is 0 Å². The van der Waals surface area contributed by atoms with Crippen LogP contribution in [0.4, 0.5) is 5.69 Å². The molecule has 0 aliphatic rings. The number of phenols is 1. The van der Waals surface area contributed by atoms with Crippen LogP contribution in [0, 0.1) is 6.92 Å². The Morgan fingerprint density at radius 1 is 1.10 bits per heavy atom. The predicted molar refractivity (Wildman–Crippen MR) is 84.4 cm³/mol. The first-order valence-corrected chi connectivity index (χ1v) is 8.52. The van der Waals surface area contributed by atoms with Crippen LogP contribution in [0.15, 0.2) is 47.4 Å². The molecule has 112 valence electrons. The topological polar surface area (TPSA) is 66.4 Å². The average molecular weight is 305 g/mol. The molecule has 0 spiro atoms. The minimum atomic E-state index is -3.18. The molecule has 0 saturated heterocycles. The number of aromatic hydroxyl groups is 1. The minimum absolute atomic E-state index is 0.0889. The standard InChI is InChI=1S/C16H19NO3S/c1-11-4-9-16(18)15(10-11)12(2)17-13-5-7-14(8-6-13)21(3,19)20/h4-10,12,17-18H,1-3H3. The summed E-state index contributed by atoms with van der Waals surface area (Å²) in [6.07, 6.45) is 1.18. The molecule has 2 N–H and O–H groups in total. The van der Waals surface area contributed by atoms with Gasteiger partial charge in [0.15, 0.2) is 9.84 Å². The number of anilines is 1. The number of sulfone groups is 1. The summed E-state index contributed by atoms with van der Waals surface area (Å²) in [5.74, 6) is 0.244. The highest BCUT2D eigenvalue weighted by Crippen LogP contribution is 2.28. The molecule has 0 heterocycles. The van der Waals surface area contributed by atoms with Crippen LogP contribution in [0.2, 0.25) is 0 Å². The Morgan fingerprint density at radius 2 is 1.71 bits per heavy atom. The number of aryl methyl sites for hydroxylation is 1. The zero-order valence-corrected chi connectivity index (χ0v) is 13.1. The van der Waals surface area contributed by atoms with Crippen LogP contribution < -0.4 is 5.32 Å². The van der Waals surface area contributed by atoms with Gasteiger partial charge in [0.1, 0.15) is 5.75 Å². The van der Waals surface area contributed by atoms with Gasteiger partial charge in [-0.1, -0.05) is 17.7 Å². The first-order chi connectivity index (χ1) is 9.77. The Morgan fingerprint density at radius 3 is 2.29 bits per heavy atom. The van der Waals surface area contributed by atoms with Gasteiger partial charge >= 0.3 is 0 Å². The molecule has 1 atom stereocenters. The smallest absolute Gasteiger partial charge is 0.175 e. The second kappa shape index (κ2) is 5.77. The lowest BCUT2D eigenvalue weighted by Crippen LogP contribution is -2.07. The Hall–Kier alpha value is -2.01. The maximum absolute atomic E-state index is 11.4. The highest BCUT2D eigenvalue weighted by Gasteiger charge is 2.11. The van der Waals surface area contributed by atoms with Crippen LogP contribution in [-0.4, -0.2) is 19.8 Å². The molecule has 0 fully saturated rings. The van der Waals surface area contributed by atoms with E-state index in [1.165, 1.54) is 6.26 Å². The van der Waals surface area contributed by atoms with Crippen LogP contribution in [-0.2, 0) is 9.84 Å². The van der Waals surface area contributed by atoms with E-state index in [-0.39, 0.29) is 11.8 Å². The van der Waals surface area contributed by atoms with Crippen molar-refractivity contribution in [3.63, 3.8) is 0 Å². The van der Waals surface area contributed by atoms with Gasteiger partial charge in [0.05, 0.1) is 10.9 Å². The van der Waals surface area contributed by atoms with E-state index in [9.17, 15) is 13.5 Å². The number of hydrogen-bond acceptors (Lipinski definition) is 4. The molecule has 0 saturated carbocycles. The van der Waals surface area contributed by atoms with Crippen molar-refractivity contribution in [2.75, 3.05) is 11.6 Å². The van der Waals surface area contributed by atoms with Gasteiger partial charge in [0, 0.05) is 17.5 Å². The molecule has 1 unspecified atom stereocenters. The summed E-state index contributed by atoms with van der Waals surface area (Å²) in [6, 6.07) is 12.0. The summed E-state index contributed by atoms with van der Waals surface area (Å²) in [5.41, 5.74) is 2.68. The number of benzene rings is 2. The van der Waals surface area contributed by atoms with Gasteiger partial charge in [0.25, 0.3) is 0 Å². The minimum Gasteiger partial charge on any atom is -0.508 e. The third-order valence-corrected chi connectivity index (χ3v) is 4.44. The first-order valence-electron chi connectivity index (χ1n) is 6.63. The number of hydrogen-bond donors (Lipinski definition) is 2. The zero-order valence-electron chi connectivity index (χ0n) is 12.3. The maximum atomic E-state index is 11.4. The molecule has 4 nitrogen and oxygen atoms in total. The van der Waals surface area contributed by atoms with Gasteiger partial charge in [-0.25, -0.2) is 8.42 Å². The predicted octanol–water partition coefficient (Wildman–Crippen LogP) is 3.28. The third kappa shape index (κ3) is 3.76. The highest BCUT2D eigenvalue weighted by atomic mass is 32.2. The van der Waals surface area contributed by atoms with Crippen molar-refractivity contribution < 1.29 is 13.5 Å². The molecule has 21 heavy (non-hydrogen) atoms. The van der Waals surface area contributed by atoms with Gasteiger partial charge in [-0.3, -0.25) is 0 Å². The lowest BCUT2D eigenvalue weighted by Gasteiger charge is -2.17. The fourth-order valence-corrected chi connectivity index (χ4v) is 2.78. The Kier molecular flexibility index (Phi) is 4.23. The summed E-state index contributed by atoms with van der Waals surface area (Å²) in [5, 5.41) is 13.2. The molecule has 2 aromatic rings. The zero-order chi connectivity index (χ0) is 15.6. The fraction of sp³-hybridized carbons (Fsp3) is 0.250. The van der Waals surface area contributed by atoms with Crippen molar-refractivity contribution in [1.29, 1.82) is 0 Å². The molecule has 2 aromatic carbocycles. The second-order valence-corrected chi connectivity index (χ2v) is 7.24. The van der Waals surface area contributed by atoms with Gasteiger partial charge in [-0.05, 0) is 44.2 Å². The number of phenolic OH excluding ortho intramolecular Hbond substituents is 1. The van der Waals surface area contributed by atoms with Gasteiger partial charge in [-0.2, -0.15) is 0 Å². The number of nitrogens with one attached hydrogen (secondary N) is 1. The van der Waals surface area contributed by atoms with Crippen molar-refractivity contribution in [2.24, 2.45) is 0 Å². The van der Waals surface area contributed by atoms with Crippen LogP contribution in [0.5, 0.6) is 5.75 Å². The SMILES string of the molecule is Cc1ccc(O)c(C(C)Nc2ccc(S(C)(=O)=O)cc2)c1. The van der Waals surface area contributed by atoms with Crippen LogP contribution in [0.3, 0.4) is 0 Å².